The normalized spacial score (nSPS) is 11.1. The van der Waals surface area contributed by atoms with Gasteiger partial charge in [0.1, 0.15) is 22.7 Å². The summed E-state index contributed by atoms with van der Waals surface area (Å²) in [6.45, 7) is 0. The van der Waals surface area contributed by atoms with Gasteiger partial charge >= 0.3 is 0 Å². The minimum atomic E-state index is -0.361. The van der Waals surface area contributed by atoms with Crippen LogP contribution >= 0.6 is 0 Å². The highest BCUT2D eigenvalue weighted by Gasteiger charge is 2.14. The molecule has 17 heavy (non-hydrogen) atoms. The second kappa shape index (κ2) is 3.21. The standard InChI is InChI=1S/C12H7NO4/c14-6-1-2-8-10(4-6)17-11-5-7(15)3-9(16)12(11)13-8/h1-5,14,16H. The molecule has 0 amide bonds. The van der Waals surface area contributed by atoms with E-state index in [9.17, 15) is 15.0 Å². The van der Waals surface area contributed by atoms with E-state index in [0.29, 0.717) is 11.1 Å². The lowest BCUT2D eigenvalue weighted by Gasteiger charge is -2.07. The van der Waals surface area contributed by atoms with Crippen LogP contribution in [-0.2, 0) is 0 Å². The summed E-state index contributed by atoms with van der Waals surface area (Å²) < 4.78 is 5.41. The maximum atomic E-state index is 11.2. The van der Waals surface area contributed by atoms with Crippen molar-refractivity contribution in [3.8, 4) is 23.0 Å². The van der Waals surface area contributed by atoms with Crippen LogP contribution < -0.4 is 5.43 Å². The van der Waals surface area contributed by atoms with E-state index in [1.807, 2.05) is 0 Å². The Morgan fingerprint density at radius 2 is 1.94 bits per heavy atom. The van der Waals surface area contributed by atoms with Crippen LogP contribution in [0.5, 0.6) is 11.5 Å². The van der Waals surface area contributed by atoms with Crippen molar-refractivity contribution in [1.29, 1.82) is 0 Å². The Bertz CT molecular complexity index is 747. The number of aromatic nitrogens is 1. The highest BCUT2D eigenvalue weighted by atomic mass is 16.3. The van der Waals surface area contributed by atoms with Crippen LogP contribution in [0.3, 0.4) is 0 Å². The summed E-state index contributed by atoms with van der Waals surface area (Å²) >= 11 is 0. The Morgan fingerprint density at radius 3 is 2.76 bits per heavy atom. The van der Waals surface area contributed by atoms with Crippen molar-refractivity contribution in [3.05, 3.63) is 40.6 Å². The molecular formula is C12H7NO4. The Labute approximate surface area is 94.9 Å². The van der Waals surface area contributed by atoms with E-state index in [-0.39, 0.29) is 28.4 Å². The molecule has 0 aromatic heterocycles. The third-order valence-corrected chi connectivity index (χ3v) is 2.42. The van der Waals surface area contributed by atoms with Gasteiger partial charge in [0.05, 0.1) is 0 Å². The van der Waals surface area contributed by atoms with E-state index in [4.69, 9.17) is 4.42 Å². The molecule has 5 nitrogen and oxygen atoms in total. The lowest BCUT2D eigenvalue weighted by molar-refractivity contribution is 0.468. The summed E-state index contributed by atoms with van der Waals surface area (Å²) in [6.07, 6.45) is 0. The number of phenols is 2. The topological polar surface area (TPSA) is 83.6 Å². The van der Waals surface area contributed by atoms with E-state index >= 15 is 0 Å². The molecule has 2 N–H and O–H groups in total. The fourth-order valence-corrected chi connectivity index (χ4v) is 1.67. The SMILES string of the molecule is O=c1cc2oc3cc(O)ccc3nc-2c(O)c1. The molecular weight excluding hydrogens is 222 g/mol. The van der Waals surface area contributed by atoms with E-state index < -0.39 is 0 Å². The predicted octanol–water partition coefficient (Wildman–Crippen LogP) is 1.70. The lowest BCUT2D eigenvalue weighted by atomic mass is 10.2. The molecule has 5 heteroatoms. The fourth-order valence-electron chi connectivity index (χ4n) is 1.67. The Hall–Kier alpha value is -2.56. The van der Waals surface area contributed by atoms with Gasteiger partial charge in [-0.25, -0.2) is 4.98 Å². The van der Waals surface area contributed by atoms with Crippen molar-refractivity contribution in [2.45, 2.75) is 0 Å². The van der Waals surface area contributed by atoms with Crippen molar-refractivity contribution in [2.75, 3.05) is 0 Å². The van der Waals surface area contributed by atoms with Crippen LogP contribution in [-0.4, -0.2) is 15.2 Å². The van der Waals surface area contributed by atoms with Gasteiger partial charge in [-0.05, 0) is 12.1 Å². The van der Waals surface area contributed by atoms with Crippen LogP contribution in [0.2, 0.25) is 0 Å². The van der Waals surface area contributed by atoms with Gasteiger partial charge in [0, 0.05) is 18.2 Å². The number of phenolic OH excluding ortho intramolecular Hbond substituents is 2. The quantitative estimate of drug-likeness (QED) is 0.573. The molecule has 0 unspecified atom stereocenters. The highest BCUT2D eigenvalue weighted by Crippen LogP contribution is 2.31. The minimum Gasteiger partial charge on any atom is -0.508 e. The average Bonchev–Trinajstić information content (AvgIpc) is 2.26. The van der Waals surface area contributed by atoms with Crippen LogP contribution in [0.1, 0.15) is 0 Å². The van der Waals surface area contributed by atoms with E-state index in [1.54, 1.807) is 6.07 Å². The molecule has 0 radical (unpaired) electrons. The molecule has 1 heterocycles. The molecule has 0 bridgehead atoms. The summed E-state index contributed by atoms with van der Waals surface area (Å²) in [6, 6.07) is 6.76. The summed E-state index contributed by atoms with van der Waals surface area (Å²) in [7, 11) is 0. The van der Waals surface area contributed by atoms with Gasteiger partial charge in [0.2, 0.25) is 0 Å². The molecule has 0 spiro atoms. The molecule has 1 aromatic rings. The Kier molecular flexibility index (Phi) is 1.82. The summed E-state index contributed by atoms with van der Waals surface area (Å²) in [5.74, 6) is 0.0178. The Morgan fingerprint density at radius 1 is 1.12 bits per heavy atom. The number of nitrogens with zero attached hydrogens (tertiary/aromatic N) is 1. The van der Waals surface area contributed by atoms with Crippen LogP contribution in [0.15, 0.2) is 39.5 Å². The second-order valence-electron chi connectivity index (χ2n) is 3.66. The van der Waals surface area contributed by atoms with Crippen molar-refractivity contribution in [1.82, 2.24) is 4.98 Å². The summed E-state index contributed by atoms with van der Waals surface area (Å²) in [4.78, 5) is 15.4. The maximum absolute atomic E-state index is 11.2. The summed E-state index contributed by atoms with van der Waals surface area (Å²) in [5.41, 5.74) is 0.703. The van der Waals surface area contributed by atoms with Crippen LogP contribution in [0.4, 0.5) is 0 Å². The first-order chi connectivity index (χ1) is 8.13. The molecule has 0 saturated heterocycles. The Balaban J connectivity index is 2.49. The first-order valence-electron chi connectivity index (χ1n) is 4.90. The predicted molar refractivity (Wildman–Crippen MR) is 60.2 cm³/mol. The maximum Gasteiger partial charge on any atom is 0.186 e. The van der Waals surface area contributed by atoms with Gasteiger partial charge in [-0.3, -0.25) is 4.79 Å². The smallest absolute Gasteiger partial charge is 0.186 e. The van der Waals surface area contributed by atoms with Crippen molar-refractivity contribution in [2.24, 2.45) is 0 Å². The number of aromatic hydroxyl groups is 2. The zero-order valence-corrected chi connectivity index (χ0v) is 8.54. The zero-order valence-electron chi connectivity index (χ0n) is 8.54. The third kappa shape index (κ3) is 1.48. The molecule has 0 atom stereocenters. The minimum absolute atomic E-state index is 0.0462. The van der Waals surface area contributed by atoms with E-state index in [1.165, 1.54) is 18.2 Å². The van der Waals surface area contributed by atoms with E-state index in [0.717, 1.165) is 6.07 Å². The number of fused-ring (bicyclic) bond motifs is 2. The zero-order chi connectivity index (χ0) is 12.0. The van der Waals surface area contributed by atoms with Gasteiger partial charge in [-0.1, -0.05) is 0 Å². The van der Waals surface area contributed by atoms with Crippen LogP contribution in [0, 0.1) is 0 Å². The largest absolute Gasteiger partial charge is 0.508 e. The fraction of sp³-hybridized carbons (Fsp3) is 0. The van der Waals surface area contributed by atoms with Crippen LogP contribution in [0.25, 0.3) is 22.6 Å². The second-order valence-corrected chi connectivity index (χ2v) is 3.66. The number of hydrogen-bond donors (Lipinski definition) is 2. The molecule has 84 valence electrons. The van der Waals surface area contributed by atoms with Crippen molar-refractivity contribution in [3.63, 3.8) is 0 Å². The molecule has 1 aliphatic carbocycles. The monoisotopic (exact) mass is 229 g/mol. The molecule has 3 rings (SSSR count). The first-order valence-corrected chi connectivity index (χ1v) is 4.90. The third-order valence-electron chi connectivity index (χ3n) is 2.42. The summed E-state index contributed by atoms with van der Waals surface area (Å²) in [5, 5.41) is 18.9. The molecule has 1 aliphatic heterocycles. The van der Waals surface area contributed by atoms with Gasteiger partial charge in [0.25, 0.3) is 0 Å². The van der Waals surface area contributed by atoms with Crippen molar-refractivity contribution < 1.29 is 14.6 Å². The first kappa shape index (κ1) is 9.65. The van der Waals surface area contributed by atoms with Crippen molar-refractivity contribution >= 4 is 11.1 Å². The lowest BCUT2D eigenvalue weighted by Crippen LogP contribution is -2.00. The van der Waals surface area contributed by atoms with Gasteiger partial charge in [0.15, 0.2) is 16.8 Å². The van der Waals surface area contributed by atoms with Gasteiger partial charge < -0.3 is 14.6 Å². The van der Waals surface area contributed by atoms with E-state index in [2.05, 4.69) is 4.98 Å². The molecule has 2 aliphatic rings. The molecule has 0 fully saturated rings. The van der Waals surface area contributed by atoms with Gasteiger partial charge in [-0.2, -0.15) is 0 Å². The molecule has 0 saturated carbocycles. The number of rotatable bonds is 0. The average molecular weight is 229 g/mol. The highest BCUT2D eigenvalue weighted by molar-refractivity contribution is 5.79. The number of hydrogen-bond acceptors (Lipinski definition) is 5. The van der Waals surface area contributed by atoms with Gasteiger partial charge in [-0.15, -0.1) is 0 Å². The number of benzene rings is 2. The molecule has 1 aromatic carbocycles.